The maximum absolute atomic E-state index is 14.9. The van der Waals surface area contributed by atoms with Gasteiger partial charge in [0.05, 0.1) is 22.3 Å². The fraction of sp³-hybridized carbons (Fsp3) is 0.310. The molecule has 6 rings (SSSR count). The zero-order valence-corrected chi connectivity index (χ0v) is 23.7. The SMILES string of the molecule is Cc1c(NS(=O)(=O)N2CC[C@@H](F)C2)ccc(F)c1Oc1ccc2ncn(-c3ccc(N4CCNCC4)cc3)c(=O)c2c1. The van der Waals surface area contributed by atoms with E-state index in [9.17, 15) is 22.0 Å². The quantitative estimate of drug-likeness (QED) is 0.335. The third-order valence-corrected chi connectivity index (χ3v) is 9.08. The Bertz CT molecular complexity index is 1790. The number of hydrogen-bond acceptors (Lipinski definition) is 7. The Balaban J connectivity index is 1.27. The summed E-state index contributed by atoms with van der Waals surface area (Å²) in [5.74, 6) is -0.740. The average molecular weight is 597 g/mol. The van der Waals surface area contributed by atoms with Crippen LogP contribution in [0.5, 0.6) is 11.5 Å². The van der Waals surface area contributed by atoms with Crippen molar-refractivity contribution >= 4 is 32.5 Å². The molecule has 0 unspecified atom stereocenters. The molecule has 10 nitrogen and oxygen atoms in total. The second-order valence-corrected chi connectivity index (χ2v) is 12.0. The molecule has 3 aromatic carbocycles. The highest BCUT2D eigenvalue weighted by Gasteiger charge is 2.32. The topological polar surface area (TPSA) is 109 Å². The van der Waals surface area contributed by atoms with Crippen LogP contribution >= 0.6 is 0 Å². The van der Waals surface area contributed by atoms with E-state index in [1.165, 1.54) is 30.0 Å². The molecule has 2 aliphatic heterocycles. The number of nitrogens with one attached hydrogen (secondary N) is 2. The van der Waals surface area contributed by atoms with Gasteiger partial charge in [-0.15, -0.1) is 0 Å². The molecule has 2 aliphatic rings. The number of piperazine rings is 1. The lowest BCUT2D eigenvalue weighted by molar-refractivity contribution is 0.343. The Labute approximate surface area is 241 Å². The van der Waals surface area contributed by atoms with Crippen LogP contribution in [0.15, 0.2) is 65.7 Å². The van der Waals surface area contributed by atoms with Gasteiger partial charge in [0.1, 0.15) is 18.2 Å². The zero-order chi connectivity index (χ0) is 29.4. The van der Waals surface area contributed by atoms with E-state index < -0.39 is 22.2 Å². The largest absolute Gasteiger partial charge is 0.454 e. The van der Waals surface area contributed by atoms with Crippen molar-refractivity contribution in [2.45, 2.75) is 19.5 Å². The number of hydrogen-bond donors (Lipinski definition) is 2. The van der Waals surface area contributed by atoms with Crippen molar-refractivity contribution in [1.29, 1.82) is 0 Å². The van der Waals surface area contributed by atoms with E-state index in [1.54, 1.807) is 12.1 Å². The molecule has 1 atom stereocenters. The molecule has 2 saturated heterocycles. The van der Waals surface area contributed by atoms with Crippen LogP contribution < -0.4 is 25.2 Å². The van der Waals surface area contributed by atoms with E-state index in [1.807, 2.05) is 24.3 Å². The van der Waals surface area contributed by atoms with Gasteiger partial charge in [-0.2, -0.15) is 12.7 Å². The van der Waals surface area contributed by atoms with Crippen molar-refractivity contribution in [3.05, 3.63) is 82.7 Å². The molecule has 0 aliphatic carbocycles. The number of rotatable bonds is 7. The highest BCUT2D eigenvalue weighted by atomic mass is 32.2. The molecular weight excluding hydrogens is 566 g/mol. The second kappa shape index (κ2) is 11.3. The highest BCUT2D eigenvalue weighted by Crippen LogP contribution is 2.34. The first-order chi connectivity index (χ1) is 20.2. The molecular formula is C29H30F2N6O4S. The third-order valence-electron chi connectivity index (χ3n) is 7.59. The number of anilines is 2. The van der Waals surface area contributed by atoms with E-state index >= 15 is 0 Å². The monoisotopic (exact) mass is 596 g/mol. The molecule has 2 fully saturated rings. The summed E-state index contributed by atoms with van der Waals surface area (Å²) < 4.78 is 64.7. The molecule has 13 heteroatoms. The van der Waals surface area contributed by atoms with Gasteiger partial charge in [-0.05, 0) is 67.9 Å². The van der Waals surface area contributed by atoms with E-state index in [-0.39, 0.29) is 53.2 Å². The summed E-state index contributed by atoms with van der Waals surface area (Å²) in [6.07, 6.45) is 0.368. The predicted molar refractivity (Wildman–Crippen MR) is 157 cm³/mol. The summed E-state index contributed by atoms with van der Waals surface area (Å²) in [6, 6.07) is 14.7. The smallest absolute Gasteiger partial charge is 0.301 e. The summed E-state index contributed by atoms with van der Waals surface area (Å²) in [5, 5.41) is 3.60. The van der Waals surface area contributed by atoms with Crippen LogP contribution in [0.2, 0.25) is 0 Å². The number of fused-ring (bicyclic) bond motifs is 1. The van der Waals surface area contributed by atoms with Gasteiger partial charge >= 0.3 is 10.2 Å². The minimum atomic E-state index is -4.04. The van der Waals surface area contributed by atoms with E-state index in [2.05, 4.69) is 19.9 Å². The van der Waals surface area contributed by atoms with Crippen LogP contribution in [0.25, 0.3) is 16.6 Å². The molecule has 0 amide bonds. The lowest BCUT2D eigenvalue weighted by Crippen LogP contribution is -2.43. The van der Waals surface area contributed by atoms with Crippen LogP contribution in [-0.2, 0) is 10.2 Å². The van der Waals surface area contributed by atoms with Crippen LogP contribution in [-0.4, -0.2) is 67.7 Å². The molecule has 1 aromatic heterocycles. The minimum absolute atomic E-state index is 0.0586. The standard InChI is InChI=1S/C29H30F2N6O4S/c1-19-26(34-42(39,40)36-13-10-20(30)17-36)9-7-25(31)28(19)41-23-6-8-27-24(16-23)29(38)37(18-33-27)22-4-2-21(3-5-22)35-14-11-32-12-15-35/h2-9,16,18,20,32,34H,10-15,17H2,1H3/t20-/m1/s1. The van der Waals surface area contributed by atoms with Crippen LogP contribution in [0.4, 0.5) is 20.2 Å². The summed E-state index contributed by atoms with van der Waals surface area (Å²) in [6.45, 7) is 4.99. The number of ether oxygens (including phenoxy) is 1. The molecule has 220 valence electrons. The summed E-state index contributed by atoms with van der Waals surface area (Å²) in [4.78, 5) is 20.2. The van der Waals surface area contributed by atoms with Crippen LogP contribution in [0.1, 0.15) is 12.0 Å². The molecule has 0 radical (unpaired) electrons. The zero-order valence-electron chi connectivity index (χ0n) is 22.9. The average Bonchev–Trinajstić information content (AvgIpc) is 3.45. The molecule has 2 N–H and O–H groups in total. The van der Waals surface area contributed by atoms with Gasteiger partial charge in [-0.3, -0.25) is 14.1 Å². The van der Waals surface area contributed by atoms with Crippen LogP contribution in [0.3, 0.4) is 0 Å². The summed E-state index contributed by atoms with van der Waals surface area (Å²) in [5.41, 5.74) is 2.14. The number of nitrogens with zero attached hydrogens (tertiary/aromatic N) is 4. The Kier molecular flexibility index (Phi) is 7.56. The van der Waals surface area contributed by atoms with Crippen molar-refractivity contribution in [1.82, 2.24) is 19.2 Å². The first-order valence-electron chi connectivity index (χ1n) is 13.7. The van der Waals surface area contributed by atoms with Gasteiger partial charge < -0.3 is 15.0 Å². The van der Waals surface area contributed by atoms with Gasteiger partial charge in [0, 0.05) is 50.5 Å². The van der Waals surface area contributed by atoms with Gasteiger partial charge in [0.2, 0.25) is 0 Å². The Hall–Kier alpha value is -4.07. The lowest BCUT2D eigenvalue weighted by Gasteiger charge is -2.29. The van der Waals surface area contributed by atoms with Crippen LogP contribution in [0, 0.1) is 12.7 Å². The summed E-state index contributed by atoms with van der Waals surface area (Å²) in [7, 11) is -4.04. The molecule has 3 heterocycles. The van der Waals surface area contributed by atoms with E-state index in [0.717, 1.165) is 42.2 Å². The Morgan fingerprint density at radius 1 is 1.02 bits per heavy atom. The number of aromatic nitrogens is 2. The Morgan fingerprint density at radius 3 is 2.48 bits per heavy atom. The van der Waals surface area contributed by atoms with Gasteiger partial charge in [-0.1, -0.05) is 0 Å². The molecule has 4 aromatic rings. The van der Waals surface area contributed by atoms with Crippen molar-refractivity contribution in [2.75, 3.05) is 48.9 Å². The number of benzene rings is 3. The van der Waals surface area contributed by atoms with Gasteiger partial charge in [-0.25, -0.2) is 13.8 Å². The third kappa shape index (κ3) is 5.54. The fourth-order valence-corrected chi connectivity index (χ4v) is 6.55. The number of alkyl halides is 1. The first-order valence-corrected chi connectivity index (χ1v) is 15.1. The first kappa shape index (κ1) is 28.1. The van der Waals surface area contributed by atoms with Crippen molar-refractivity contribution in [3.8, 4) is 17.2 Å². The van der Waals surface area contributed by atoms with Gasteiger partial charge in [0.25, 0.3) is 5.56 Å². The maximum atomic E-state index is 14.9. The van der Waals surface area contributed by atoms with Gasteiger partial charge in [0.15, 0.2) is 11.6 Å². The molecule has 0 spiro atoms. The minimum Gasteiger partial charge on any atom is -0.454 e. The van der Waals surface area contributed by atoms with E-state index in [4.69, 9.17) is 4.74 Å². The summed E-state index contributed by atoms with van der Waals surface area (Å²) >= 11 is 0. The predicted octanol–water partition coefficient (Wildman–Crippen LogP) is 3.74. The molecule has 0 saturated carbocycles. The molecule has 0 bridgehead atoms. The molecule has 42 heavy (non-hydrogen) atoms. The maximum Gasteiger partial charge on any atom is 0.301 e. The Morgan fingerprint density at radius 2 is 1.76 bits per heavy atom. The highest BCUT2D eigenvalue weighted by molar-refractivity contribution is 7.90. The van der Waals surface area contributed by atoms with Crippen molar-refractivity contribution in [3.63, 3.8) is 0 Å². The fourth-order valence-electron chi connectivity index (χ4n) is 5.22. The van der Waals surface area contributed by atoms with Crippen molar-refractivity contribution in [2.24, 2.45) is 0 Å². The van der Waals surface area contributed by atoms with E-state index in [0.29, 0.717) is 11.2 Å². The normalized spacial score (nSPS) is 18.0. The lowest BCUT2D eigenvalue weighted by atomic mass is 10.1. The number of halogens is 2. The van der Waals surface area contributed by atoms with Crippen molar-refractivity contribution < 1.29 is 21.9 Å². The second-order valence-electron chi connectivity index (χ2n) is 10.4.